The quantitative estimate of drug-likeness (QED) is 0.940. The molecule has 0 fully saturated rings. The van der Waals surface area contributed by atoms with Gasteiger partial charge in [0, 0.05) is 0 Å². The van der Waals surface area contributed by atoms with Crippen molar-refractivity contribution in [2.45, 2.75) is 19.9 Å². The Kier molecular flexibility index (Phi) is 3.99. The molecule has 6 heteroatoms. The van der Waals surface area contributed by atoms with Gasteiger partial charge in [0.05, 0.1) is 16.2 Å². The lowest BCUT2D eigenvalue weighted by molar-refractivity contribution is 0.0932. The number of rotatable bonds is 3. The lowest BCUT2D eigenvalue weighted by Gasteiger charge is -2.11. The average molecular weight is 327 g/mol. The van der Waals surface area contributed by atoms with Crippen LogP contribution in [0.5, 0.6) is 0 Å². The van der Waals surface area contributed by atoms with E-state index in [1.165, 1.54) is 18.2 Å². The van der Waals surface area contributed by atoms with Crippen molar-refractivity contribution in [1.29, 1.82) is 0 Å². The Morgan fingerprint density at radius 1 is 1.53 bits per heavy atom. The van der Waals surface area contributed by atoms with Gasteiger partial charge in [-0.05, 0) is 41.9 Å². The molecule has 2 rings (SSSR count). The van der Waals surface area contributed by atoms with Gasteiger partial charge in [0.15, 0.2) is 0 Å². The van der Waals surface area contributed by atoms with Gasteiger partial charge in [0.2, 0.25) is 5.89 Å². The fraction of sp³-hybridized carbons (Fsp3) is 0.231. The fourth-order valence-electron chi connectivity index (χ4n) is 1.59. The summed E-state index contributed by atoms with van der Waals surface area (Å²) in [5.41, 5.74) is 0.232. The molecule has 0 aliphatic carbocycles. The molecule has 0 saturated carbocycles. The number of carbonyl (C=O) groups excluding carboxylic acids is 1. The van der Waals surface area contributed by atoms with Crippen LogP contribution in [-0.4, -0.2) is 10.9 Å². The topological polar surface area (TPSA) is 55.1 Å². The lowest BCUT2D eigenvalue weighted by Crippen LogP contribution is -2.27. The van der Waals surface area contributed by atoms with E-state index in [0.29, 0.717) is 11.7 Å². The van der Waals surface area contributed by atoms with Crippen molar-refractivity contribution in [2.24, 2.45) is 0 Å². The maximum absolute atomic E-state index is 13.3. The van der Waals surface area contributed by atoms with Crippen molar-refractivity contribution in [3.63, 3.8) is 0 Å². The summed E-state index contributed by atoms with van der Waals surface area (Å²) in [6.07, 6.45) is 1.58. The Morgan fingerprint density at radius 3 is 2.89 bits per heavy atom. The zero-order valence-electron chi connectivity index (χ0n) is 10.4. The number of carbonyl (C=O) groups is 1. The van der Waals surface area contributed by atoms with Gasteiger partial charge in [-0.2, -0.15) is 0 Å². The monoisotopic (exact) mass is 326 g/mol. The molecule has 0 aliphatic heterocycles. The van der Waals surface area contributed by atoms with Gasteiger partial charge in [0.1, 0.15) is 17.6 Å². The Hall–Kier alpha value is -1.69. The predicted octanol–water partition coefficient (Wildman–Crippen LogP) is 3.38. The second kappa shape index (κ2) is 5.52. The van der Waals surface area contributed by atoms with Crippen molar-refractivity contribution >= 4 is 21.8 Å². The summed E-state index contributed by atoms with van der Waals surface area (Å²) >= 11 is 3.06. The maximum atomic E-state index is 13.3. The molecule has 1 heterocycles. The van der Waals surface area contributed by atoms with Crippen molar-refractivity contribution in [3.05, 3.63) is 51.9 Å². The van der Waals surface area contributed by atoms with Crippen LogP contribution in [-0.2, 0) is 0 Å². The SMILES string of the molecule is Cc1cnc(C(C)NC(=O)c2cccc(F)c2Br)o1. The van der Waals surface area contributed by atoms with Gasteiger partial charge in [-0.1, -0.05) is 6.07 Å². The van der Waals surface area contributed by atoms with E-state index in [1.54, 1.807) is 20.0 Å². The standard InChI is InChI=1S/C13H12BrFN2O2/c1-7-6-16-13(19-7)8(2)17-12(18)9-4-3-5-10(15)11(9)14/h3-6,8H,1-2H3,(H,17,18). The number of amides is 1. The van der Waals surface area contributed by atoms with E-state index in [1.807, 2.05) is 0 Å². The molecule has 2 aromatic rings. The molecule has 1 N–H and O–H groups in total. The van der Waals surface area contributed by atoms with E-state index in [4.69, 9.17) is 4.42 Å². The second-order valence-corrected chi connectivity index (χ2v) is 4.90. The van der Waals surface area contributed by atoms with Gasteiger partial charge in [-0.25, -0.2) is 9.37 Å². The van der Waals surface area contributed by atoms with E-state index in [9.17, 15) is 9.18 Å². The molecule has 1 aromatic heterocycles. The van der Waals surface area contributed by atoms with Crippen LogP contribution < -0.4 is 5.32 Å². The van der Waals surface area contributed by atoms with Crippen molar-refractivity contribution < 1.29 is 13.6 Å². The second-order valence-electron chi connectivity index (χ2n) is 4.11. The molecule has 4 nitrogen and oxygen atoms in total. The molecule has 0 spiro atoms. The van der Waals surface area contributed by atoms with Crippen LogP contribution in [0.15, 0.2) is 33.3 Å². The van der Waals surface area contributed by atoms with E-state index < -0.39 is 17.8 Å². The van der Waals surface area contributed by atoms with Gasteiger partial charge < -0.3 is 9.73 Å². The predicted molar refractivity (Wildman–Crippen MR) is 71.2 cm³/mol. The van der Waals surface area contributed by atoms with Gasteiger partial charge in [-0.3, -0.25) is 4.79 Å². The van der Waals surface area contributed by atoms with Crippen LogP contribution in [0.1, 0.15) is 35.0 Å². The number of hydrogen-bond acceptors (Lipinski definition) is 3. The minimum Gasteiger partial charge on any atom is -0.444 e. The van der Waals surface area contributed by atoms with Crippen molar-refractivity contribution in [2.75, 3.05) is 0 Å². The highest BCUT2D eigenvalue weighted by Crippen LogP contribution is 2.21. The van der Waals surface area contributed by atoms with Gasteiger partial charge >= 0.3 is 0 Å². The molecular formula is C13H12BrFN2O2. The minimum atomic E-state index is -0.479. The first-order valence-corrected chi connectivity index (χ1v) is 6.45. The molecule has 0 aliphatic rings. The minimum absolute atomic E-state index is 0.142. The Labute approximate surface area is 118 Å². The van der Waals surface area contributed by atoms with Crippen LogP contribution in [0.25, 0.3) is 0 Å². The first-order valence-electron chi connectivity index (χ1n) is 5.66. The zero-order chi connectivity index (χ0) is 14.0. The van der Waals surface area contributed by atoms with Crippen LogP contribution in [0.2, 0.25) is 0 Å². The first-order chi connectivity index (χ1) is 8.99. The molecular weight excluding hydrogens is 315 g/mol. The summed E-state index contributed by atoms with van der Waals surface area (Å²) in [7, 11) is 0. The smallest absolute Gasteiger partial charge is 0.253 e. The Morgan fingerprint density at radius 2 is 2.26 bits per heavy atom. The summed E-state index contributed by atoms with van der Waals surface area (Å²) in [5, 5.41) is 2.70. The number of nitrogens with zero attached hydrogens (tertiary/aromatic N) is 1. The third-order valence-corrected chi connectivity index (χ3v) is 3.36. The fourth-order valence-corrected chi connectivity index (χ4v) is 2.03. The summed E-state index contributed by atoms with van der Waals surface area (Å²) < 4.78 is 18.8. The highest BCUT2D eigenvalue weighted by molar-refractivity contribution is 9.10. The maximum Gasteiger partial charge on any atom is 0.253 e. The molecule has 1 aromatic carbocycles. The van der Waals surface area contributed by atoms with Crippen molar-refractivity contribution in [1.82, 2.24) is 10.3 Å². The number of benzene rings is 1. The zero-order valence-corrected chi connectivity index (χ0v) is 12.0. The van der Waals surface area contributed by atoms with E-state index in [0.717, 1.165) is 0 Å². The van der Waals surface area contributed by atoms with Crippen LogP contribution in [0.4, 0.5) is 4.39 Å². The first kappa shape index (κ1) is 13.7. The van der Waals surface area contributed by atoms with E-state index in [-0.39, 0.29) is 10.0 Å². The van der Waals surface area contributed by atoms with Gasteiger partial charge in [0.25, 0.3) is 5.91 Å². The third kappa shape index (κ3) is 3.01. The van der Waals surface area contributed by atoms with Gasteiger partial charge in [-0.15, -0.1) is 0 Å². The largest absolute Gasteiger partial charge is 0.444 e. The summed E-state index contributed by atoms with van der Waals surface area (Å²) in [4.78, 5) is 16.1. The highest BCUT2D eigenvalue weighted by Gasteiger charge is 2.18. The van der Waals surface area contributed by atoms with Crippen LogP contribution >= 0.6 is 15.9 Å². The Balaban J connectivity index is 2.15. The third-order valence-electron chi connectivity index (χ3n) is 2.55. The normalized spacial score (nSPS) is 12.2. The summed E-state index contributed by atoms with van der Waals surface area (Å²) in [5.74, 6) is 0.211. The molecule has 100 valence electrons. The highest BCUT2D eigenvalue weighted by atomic mass is 79.9. The number of oxazole rings is 1. The molecule has 0 radical (unpaired) electrons. The summed E-state index contributed by atoms with van der Waals surface area (Å²) in [6, 6.07) is 3.91. The number of hydrogen-bond donors (Lipinski definition) is 1. The number of nitrogens with one attached hydrogen (secondary N) is 1. The lowest BCUT2D eigenvalue weighted by atomic mass is 10.2. The average Bonchev–Trinajstić information content (AvgIpc) is 2.79. The molecule has 1 amide bonds. The molecule has 1 atom stereocenters. The number of halogens is 2. The molecule has 0 bridgehead atoms. The number of aryl methyl sites for hydroxylation is 1. The van der Waals surface area contributed by atoms with Crippen molar-refractivity contribution in [3.8, 4) is 0 Å². The summed E-state index contributed by atoms with van der Waals surface area (Å²) in [6.45, 7) is 3.52. The van der Waals surface area contributed by atoms with Crippen LogP contribution in [0, 0.1) is 12.7 Å². The Bertz CT molecular complexity index is 612. The molecule has 19 heavy (non-hydrogen) atoms. The van der Waals surface area contributed by atoms with Crippen LogP contribution in [0.3, 0.4) is 0 Å². The molecule has 1 unspecified atom stereocenters. The van der Waals surface area contributed by atoms with E-state index >= 15 is 0 Å². The molecule has 0 saturated heterocycles. The number of aromatic nitrogens is 1. The van der Waals surface area contributed by atoms with E-state index in [2.05, 4.69) is 26.2 Å².